The van der Waals surface area contributed by atoms with Crippen molar-refractivity contribution >= 4 is 28.1 Å². The Morgan fingerprint density at radius 1 is 1.43 bits per heavy atom. The van der Waals surface area contributed by atoms with Crippen LogP contribution in [0.25, 0.3) is 0 Å². The van der Waals surface area contributed by atoms with Gasteiger partial charge in [-0.3, -0.25) is 14.9 Å². The van der Waals surface area contributed by atoms with Crippen LogP contribution >= 0.6 is 11.3 Å². The maximum Gasteiger partial charge on any atom is 0.322 e. The first-order chi connectivity index (χ1) is 9.95. The summed E-state index contributed by atoms with van der Waals surface area (Å²) in [5.41, 5.74) is 1.83. The van der Waals surface area contributed by atoms with Gasteiger partial charge in [0, 0.05) is 23.4 Å². The molecular weight excluding hydrogens is 294 g/mol. The number of carboxylic acid groups (broad SMARTS) is 1. The lowest BCUT2D eigenvalue weighted by Crippen LogP contribution is -2.11. The van der Waals surface area contributed by atoms with Crippen molar-refractivity contribution in [2.75, 3.05) is 11.9 Å². The molecule has 2 N–H and O–H groups in total. The predicted octanol–water partition coefficient (Wildman–Crippen LogP) is 2.45. The van der Waals surface area contributed by atoms with Crippen LogP contribution in [-0.2, 0) is 11.2 Å². The number of nitro groups is 1. The Morgan fingerprint density at radius 3 is 2.67 bits per heavy atom. The number of anilines is 1. The summed E-state index contributed by atoms with van der Waals surface area (Å²) in [7, 11) is 0. The molecule has 0 saturated heterocycles. The van der Waals surface area contributed by atoms with Gasteiger partial charge in [-0.05, 0) is 12.5 Å². The van der Waals surface area contributed by atoms with Crippen LogP contribution in [0.15, 0.2) is 24.3 Å². The molecule has 0 atom stereocenters. The van der Waals surface area contributed by atoms with Crippen LogP contribution in [0.1, 0.15) is 16.1 Å². The quantitative estimate of drug-likeness (QED) is 0.627. The fourth-order valence-electron chi connectivity index (χ4n) is 1.74. The van der Waals surface area contributed by atoms with E-state index in [0.29, 0.717) is 11.6 Å². The lowest BCUT2D eigenvalue weighted by atomic mass is 10.1. The van der Waals surface area contributed by atoms with Gasteiger partial charge in [0.05, 0.1) is 10.6 Å². The van der Waals surface area contributed by atoms with E-state index < -0.39 is 10.9 Å². The van der Waals surface area contributed by atoms with Crippen LogP contribution in [0, 0.1) is 17.0 Å². The van der Waals surface area contributed by atoms with Gasteiger partial charge >= 0.3 is 5.97 Å². The van der Waals surface area contributed by atoms with Crippen LogP contribution in [-0.4, -0.2) is 27.5 Å². The number of non-ortho nitro benzene ring substituents is 1. The highest BCUT2D eigenvalue weighted by molar-refractivity contribution is 7.15. The van der Waals surface area contributed by atoms with E-state index in [2.05, 4.69) is 10.3 Å². The van der Waals surface area contributed by atoms with Crippen molar-refractivity contribution in [2.24, 2.45) is 0 Å². The Hall–Kier alpha value is -2.48. The third kappa shape index (κ3) is 3.99. The molecule has 0 unspecified atom stereocenters. The average Bonchev–Trinajstić information content (AvgIpc) is 2.78. The third-order valence-corrected chi connectivity index (χ3v) is 3.91. The topological polar surface area (TPSA) is 105 Å². The Morgan fingerprint density at radius 2 is 2.10 bits per heavy atom. The van der Waals surface area contributed by atoms with Gasteiger partial charge in [0.1, 0.15) is 6.54 Å². The Bertz CT molecular complexity index is 667. The zero-order valence-corrected chi connectivity index (χ0v) is 12.0. The lowest BCUT2D eigenvalue weighted by Gasteiger charge is -1.99. The number of thiazole rings is 1. The fourth-order valence-corrected chi connectivity index (χ4v) is 2.73. The number of nitrogens with zero attached hydrogens (tertiary/aromatic N) is 2. The standard InChI is InChI=1S/C13H13N3O4S/c1-8-11(21-13(15-8)14-7-12(17)18)6-9-2-4-10(5-3-9)16(19)20/h2-5H,6-7H2,1H3,(H,14,15)(H,17,18). The Labute approximate surface area is 124 Å². The molecule has 1 heterocycles. The summed E-state index contributed by atoms with van der Waals surface area (Å²) >= 11 is 1.39. The van der Waals surface area contributed by atoms with E-state index in [9.17, 15) is 14.9 Å². The van der Waals surface area contributed by atoms with Gasteiger partial charge in [0.25, 0.3) is 5.69 Å². The molecule has 0 aliphatic carbocycles. The molecule has 0 saturated carbocycles. The van der Waals surface area contributed by atoms with Crippen LogP contribution in [0.2, 0.25) is 0 Å². The first kappa shape index (κ1) is 14.9. The zero-order valence-electron chi connectivity index (χ0n) is 11.2. The molecule has 8 heteroatoms. The van der Waals surface area contributed by atoms with Crippen molar-refractivity contribution in [3.63, 3.8) is 0 Å². The van der Waals surface area contributed by atoms with Crippen molar-refractivity contribution in [3.8, 4) is 0 Å². The molecule has 110 valence electrons. The highest BCUT2D eigenvalue weighted by Gasteiger charge is 2.10. The van der Waals surface area contributed by atoms with Crippen LogP contribution in [0.5, 0.6) is 0 Å². The summed E-state index contributed by atoms with van der Waals surface area (Å²) in [6.45, 7) is 1.67. The molecule has 0 fully saturated rings. The second-order valence-corrected chi connectivity index (χ2v) is 5.46. The Kier molecular flexibility index (Phi) is 4.49. The van der Waals surface area contributed by atoms with Gasteiger partial charge in [-0.2, -0.15) is 0 Å². The summed E-state index contributed by atoms with van der Waals surface area (Å²) in [6, 6.07) is 6.36. The van der Waals surface area contributed by atoms with E-state index in [1.54, 1.807) is 12.1 Å². The Balaban J connectivity index is 2.08. The summed E-state index contributed by atoms with van der Waals surface area (Å²) in [5.74, 6) is -0.945. The molecule has 0 aliphatic heterocycles. The number of benzene rings is 1. The molecular formula is C13H13N3O4S. The smallest absolute Gasteiger partial charge is 0.322 e. The summed E-state index contributed by atoms with van der Waals surface area (Å²) in [5, 5.41) is 22.5. The molecule has 21 heavy (non-hydrogen) atoms. The van der Waals surface area contributed by atoms with Gasteiger partial charge in [-0.1, -0.05) is 12.1 Å². The second-order valence-electron chi connectivity index (χ2n) is 4.38. The molecule has 0 aliphatic rings. The molecule has 0 spiro atoms. The van der Waals surface area contributed by atoms with Crippen molar-refractivity contribution in [1.82, 2.24) is 4.98 Å². The van der Waals surface area contributed by atoms with E-state index in [4.69, 9.17) is 5.11 Å². The number of nitrogens with one attached hydrogen (secondary N) is 1. The van der Waals surface area contributed by atoms with Gasteiger partial charge in [-0.15, -0.1) is 11.3 Å². The van der Waals surface area contributed by atoms with Crippen molar-refractivity contribution in [1.29, 1.82) is 0 Å². The van der Waals surface area contributed by atoms with E-state index in [1.807, 2.05) is 6.92 Å². The zero-order chi connectivity index (χ0) is 15.4. The number of aromatic nitrogens is 1. The van der Waals surface area contributed by atoms with Gasteiger partial charge in [-0.25, -0.2) is 4.98 Å². The highest BCUT2D eigenvalue weighted by Crippen LogP contribution is 2.25. The fraction of sp³-hybridized carbons (Fsp3) is 0.231. The minimum absolute atomic E-state index is 0.0589. The number of hydrogen-bond acceptors (Lipinski definition) is 6. The number of hydrogen-bond donors (Lipinski definition) is 2. The van der Waals surface area contributed by atoms with Gasteiger partial charge < -0.3 is 10.4 Å². The monoisotopic (exact) mass is 307 g/mol. The first-order valence-electron chi connectivity index (χ1n) is 6.11. The molecule has 7 nitrogen and oxygen atoms in total. The minimum Gasteiger partial charge on any atom is -0.480 e. The first-order valence-corrected chi connectivity index (χ1v) is 6.92. The maximum atomic E-state index is 10.6. The molecule has 2 aromatic rings. The number of aryl methyl sites for hydroxylation is 1. The van der Waals surface area contributed by atoms with Crippen LogP contribution in [0.3, 0.4) is 0 Å². The number of carboxylic acids is 1. The molecule has 1 aromatic carbocycles. The number of carbonyl (C=O) groups is 1. The SMILES string of the molecule is Cc1nc(NCC(=O)O)sc1Cc1ccc([N+](=O)[O-])cc1. The second kappa shape index (κ2) is 6.31. The summed E-state index contributed by atoms with van der Waals surface area (Å²) in [6.07, 6.45) is 0.607. The molecule has 0 radical (unpaired) electrons. The minimum atomic E-state index is -0.945. The number of aliphatic carboxylic acids is 1. The maximum absolute atomic E-state index is 10.6. The molecule has 2 rings (SSSR count). The molecule has 0 amide bonds. The van der Waals surface area contributed by atoms with Crippen molar-refractivity contribution < 1.29 is 14.8 Å². The third-order valence-electron chi connectivity index (χ3n) is 2.80. The van der Waals surface area contributed by atoms with E-state index in [1.165, 1.54) is 23.5 Å². The average molecular weight is 307 g/mol. The molecule has 0 bridgehead atoms. The van der Waals surface area contributed by atoms with Crippen molar-refractivity contribution in [2.45, 2.75) is 13.3 Å². The summed E-state index contributed by atoms with van der Waals surface area (Å²) < 4.78 is 0. The predicted molar refractivity (Wildman–Crippen MR) is 78.9 cm³/mol. The largest absolute Gasteiger partial charge is 0.480 e. The van der Waals surface area contributed by atoms with Crippen LogP contribution in [0.4, 0.5) is 10.8 Å². The number of rotatable bonds is 6. The summed E-state index contributed by atoms with van der Waals surface area (Å²) in [4.78, 5) is 25.9. The van der Waals surface area contributed by atoms with Crippen molar-refractivity contribution in [3.05, 3.63) is 50.5 Å². The molecule has 1 aromatic heterocycles. The highest BCUT2D eigenvalue weighted by atomic mass is 32.1. The normalized spacial score (nSPS) is 10.3. The lowest BCUT2D eigenvalue weighted by molar-refractivity contribution is -0.384. The van der Waals surface area contributed by atoms with E-state index >= 15 is 0 Å². The van der Waals surface area contributed by atoms with E-state index in [-0.39, 0.29) is 12.2 Å². The van der Waals surface area contributed by atoms with Crippen LogP contribution < -0.4 is 5.32 Å². The number of nitro benzene ring substituents is 1. The van der Waals surface area contributed by atoms with Gasteiger partial charge in [0.15, 0.2) is 5.13 Å². The van der Waals surface area contributed by atoms with Gasteiger partial charge in [0.2, 0.25) is 0 Å². The van der Waals surface area contributed by atoms with E-state index in [0.717, 1.165) is 16.1 Å².